The van der Waals surface area contributed by atoms with Gasteiger partial charge >= 0.3 is 0 Å². The van der Waals surface area contributed by atoms with Crippen LogP contribution in [0.3, 0.4) is 0 Å². The highest BCUT2D eigenvalue weighted by Crippen LogP contribution is 2.25. The van der Waals surface area contributed by atoms with Crippen LogP contribution in [0.5, 0.6) is 0 Å². The van der Waals surface area contributed by atoms with Gasteiger partial charge in [-0.3, -0.25) is 4.79 Å². The third-order valence-electron chi connectivity index (χ3n) is 3.62. The Morgan fingerprint density at radius 2 is 2.17 bits per heavy atom. The second-order valence-electron chi connectivity index (χ2n) is 5.06. The lowest BCUT2D eigenvalue weighted by Gasteiger charge is -2.19. The van der Waals surface area contributed by atoms with Gasteiger partial charge in [0.25, 0.3) is 0 Å². The Morgan fingerprint density at radius 1 is 1.35 bits per heavy atom. The van der Waals surface area contributed by atoms with E-state index < -0.39 is 0 Å². The van der Waals surface area contributed by atoms with Gasteiger partial charge in [-0.05, 0) is 25.1 Å². The third kappa shape index (κ3) is 2.64. The number of nitrogens with zero attached hydrogens (tertiary/aromatic N) is 5. The normalized spacial score (nSPS) is 10.5. The molecule has 3 rings (SSSR count). The Labute approximate surface area is 133 Å². The van der Waals surface area contributed by atoms with Crippen LogP contribution in [0.15, 0.2) is 42.6 Å². The molecule has 114 valence electrons. The highest BCUT2D eigenvalue weighted by molar-refractivity contribution is 5.92. The number of carbonyl (C=O) groups excluding carboxylic acids is 1. The predicted molar refractivity (Wildman–Crippen MR) is 86.8 cm³/mol. The lowest BCUT2D eigenvalue weighted by atomic mass is 10.1. The first-order chi connectivity index (χ1) is 11.1. The van der Waals surface area contributed by atoms with Crippen molar-refractivity contribution >= 4 is 17.2 Å². The van der Waals surface area contributed by atoms with Gasteiger partial charge < -0.3 is 4.90 Å². The minimum atomic E-state index is -0.00428. The molecule has 2 heterocycles. The van der Waals surface area contributed by atoms with Crippen LogP contribution in [-0.2, 0) is 4.79 Å². The molecule has 0 fully saturated rings. The minimum absolute atomic E-state index is 0.00428. The van der Waals surface area contributed by atoms with Gasteiger partial charge in [0, 0.05) is 37.0 Å². The fourth-order valence-electron chi connectivity index (χ4n) is 2.59. The lowest BCUT2D eigenvalue weighted by molar-refractivity contribution is -0.116. The zero-order valence-electron chi connectivity index (χ0n) is 12.9. The van der Waals surface area contributed by atoms with Crippen LogP contribution < -0.4 is 4.90 Å². The summed E-state index contributed by atoms with van der Waals surface area (Å²) in [5, 5.41) is 13.3. The van der Waals surface area contributed by atoms with Crippen LogP contribution in [0, 0.1) is 11.3 Å². The summed E-state index contributed by atoms with van der Waals surface area (Å²) >= 11 is 0. The fraction of sp³-hybridized carbons (Fsp3) is 0.176. The zero-order chi connectivity index (χ0) is 16.4. The fourth-order valence-corrected chi connectivity index (χ4v) is 2.59. The van der Waals surface area contributed by atoms with Crippen molar-refractivity contribution in [2.75, 3.05) is 11.4 Å². The van der Waals surface area contributed by atoms with E-state index in [9.17, 15) is 4.79 Å². The summed E-state index contributed by atoms with van der Waals surface area (Å²) in [4.78, 5) is 17.7. The Kier molecular flexibility index (Phi) is 3.77. The molecule has 0 saturated heterocycles. The van der Waals surface area contributed by atoms with Gasteiger partial charge in [0.15, 0.2) is 11.3 Å². The van der Waals surface area contributed by atoms with E-state index in [0.717, 1.165) is 16.9 Å². The molecule has 23 heavy (non-hydrogen) atoms. The van der Waals surface area contributed by atoms with Gasteiger partial charge in [0.2, 0.25) is 5.91 Å². The summed E-state index contributed by atoms with van der Waals surface area (Å²) < 4.78 is 1.64. The summed E-state index contributed by atoms with van der Waals surface area (Å²) in [6, 6.07) is 13.2. The van der Waals surface area contributed by atoms with Crippen LogP contribution >= 0.6 is 0 Å². The molecular formula is C17H15N5O. The van der Waals surface area contributed by atoms with Crippen molar-refractivity contribution in [3.63, 3.8) is 0 Å². The summed E-state index contributed by atoms with van der Waals surface area (Å²) in [5.41, 5.74) is 3.48. The first-order valence-electron chi connectivity index (χ1n) is 7.27. The number of rotatable bonds is 3. The smallest absolute Gasteiger partial charge is 0.223 e. The molecule has 0 aliphatic heterocycles. The lowest BCUT2D eigenvalue weighted by Crippen LogP contribution is -2.27. The molecule has 3 aromatic rings. The van der Waals surface area contributed by atoms with E-state index in [2.05, 4.69) is 10.1 Å². The highest BCUT2D eigenvalue weighted by Gasteiger charge is 2.12. The molecule has 0 aliphatic carbocycles. The summed E-state index contributed by atoms with van der Waals surface area (Å²) in [7, 11) is 0. The average Bonchev–Trinajstić information content (AvgIpc) is 2.98. The van der Waals surface area contributed by atoms with Crippen LogP contribution in [0.1, 0.15) is 19.5 Å². The Balaban J connectivity index is 2.14. The van der Waals surface area contributed by atoms with Crippen molar-refractivity contribution in [3.05, 3.63) is 48.3 Å². The Bertz CT molecular complexity index is 922. The number of nitriles is 1. The molecule has 0 spiro atoms. The average molecular weight is 305 g/mol. The first-order valence-corrected chi connectivity index (χ1v) is 7.27. The van der Waals surface area contributed by atoms with E-state index in [0.29, 0.717) is 17.9 Å². The number of carbonyl (C=O) groups is 1. The third-order valence-corrected chi connectivity index (χ3v) is 3.62. The Morgan fingerprint density at radius 3 is 2.87 bits per heavy atom. The van der Waals surface area contributed by atoms with E-state index in [4.69, 9.17) is 5.26 Å². The number of anilines is 1. The topological polar surface area (TPSA) is 74.3 Å². The van der Waals surface area contributed by atoms with Gasteiger partial charge in [-0.15, -0.1) is 0 Å². The predicted octanol–water partition coefficient (Wildman–Crippen LogP) is 2.64. The SMILES string of the molecule is CCN(C(C)=O)c1cccc(-c2ccnc3cc(C#N)nn23)c1. The van der Waals surface area contributed by atoms with Crippen molar-refractivity contribution < 1.29 is 4.79 Å². The maximum absolute atomic E-state index is 11.7. The molecule has 0 radical (unpaired) electrons. The number of fused-ring (bicyclic) bond motifs is 1. The maximum Gasteiger partial charge on any atom is 0.223 e. The molecule has 1 aromatic carbocycles. The van der Waals surface area contributed by atoms with E-state index >= 15 is 0 Å². The van der Waals surface area contributed by atoms with Gasteiger partial charge in [-0.1, -0.05) is 12.1 Å². The van der Waals surface area contributed by atoms with Crippen molar-refractivity contribution in [1.29, 1.82) is 5.26 Å². The molecule has 0 N–H and O–H groups in total. The first kappa shape index (κ1) is 14.7. The van der Waals surface area contributed by atoms with Gasteiger partial charge in [-0.25, -0.2) is 9.50 Å². The summed E-state index contributed by atoms with van der Waals surface area (Å²) in [6.45, 7) is 4.09. The van der Waals surface area contributed by atoms with Gasteiger partial charge in [-0.2, -0.15) is 10.4 Å². The zero-order valence-corrected chi connectivity index (χ0v) is 12.9. The molecule has 1 amide bonds. The number of benzene rings is 1. The largest absolute Gasteiger partial charge is 0.313 e. The molecule has 0 bridgehead atoms. The summed E-state index contributed by atoms with van der Waals surface area (Å²) in [5.74, 6) is -0.00428. The number of hydrogen-bond donors (Lipinski definition) is 0. The molecule has 0 atom stereocenters. The van der Waals surface area contributed by atoms with E-state index in [1.165, 1.54) is 0 Å². The minimum Gasteiger partial charge on any atom is -0.313 e. The van der Waals surface area contributed by atoms with Crippen LogP contribution in [0.4, 0.5) is 5.69 Å². The van der Waals surface area contributed by atoms with E-state index in [1.54, 1.807) is 28.6 Å². The Hall–Kier alpha value is -3.20. The standard InChI is InChI=1S/C17H15N5O/c1-3-21(12(2)23)15-6-4-5-13(9-15)16-7-8-19-17-10-14(11-18)20-22(16)17/h4-10H,3H2,1-2H3. The quantitative estimate of drug-likeness (QED) is 0.745. The molecule has 0 aliphatic rings. The number of amides is 1. The molecule has 6 heteroatoms. The summed E-state index contributed by atoms with van der Waals surface area (Å²) in [6.07, 6.45) is 1.68. The molecule has 0 saturated carbocycles. The van der Waals surface area contributed by atoms with Gasteiger partial charge in [0.1, 0.15) is 6.07 Å². The van der Waals surface area contributed by atoms with Crippen LogP contribution in [-0.4, -0.2) is 27.0 Å². The number of aromatic nitrogens is 3. The van der Waals surface area contributed by atoms with Crippen molar-refractivity contribution in [1.82, 2.24) is 14.6 Å². The van der Waals surface area contributed by atoms with Crippen molar-refractivity contribution in [3.8, 4) is 17.3 Å². The number of hydrogen-bond acceptors (Lipinski definition) is 4. The van der Waals surface area contributed by atoms with Gasteiger partial charge in [0.05, 0.1) is 5.69 Å². The van der Waals surface area contributed by atoms with Crippen LogP contribution in [0.25, 0.3) is 16.9 Å². The van der Waals surface area contributed by atoms with E-state index in [-0.39, 0.29) is 5.91 Å². The maximum atomic E-state index is 11.7. The van der Waals surface area contributed by atoms with E-state index in [1.807, 2.05) is 43.3 Å². The molecule has 0 unspecified atom stereocenters. The second kappa shape index (κ2) is 5.89. The monoisotopic (exact) mass is 305 g/mol. The molecular weight excluding hydrogens is 290 g/mol. The highest BCUT2D eigenvalue weighted by atomic mass is 16.2. The van der Waals surface area contributed by atoms with Crippen molar-refractivity contribution in [2.24, 2.45) is 0 Å². The van der Waals surface area contributed by atoms with Crippen molar-refractivity contribution in [2.45, 2.75) is 13.8 Å². The van der Waals surface area contributed by atoms with Crippen LogP contribution in [0.2, 0.25) is 0 Å². The molecule has 2 aromatic heterocycles. The second-order valence-corrected chi connectivity index (χ2v) is 5.06. The molecule has 6 nitrogen and oxygen atoms in total.